The molecule has 2 nitrogen and oxygen atoms in total. The van der Waals surface area contributed by atoms with Crippen LogP contribution in [0.15, 0.2) is 24.3 Å². The fourth-order valence-electron chi connectivity index (χ4n) is 3.86. The summed E-state index contributed by atoms with van der Waals surface area (Å²) in [5.74, 6) is 1.79. The van der Waals surface area contributed by atoms with Gasteiger partial charge in [-0.25, -0.2) is 0 Å². The minimum absolute atomic E-state index is 0.866. The summed E-state index contributed by atoms with van der Waals surface area (Å²) in [7, 11) is 0. The molecular weight excluding hydrogens is 244 g/mol. The van der Waals surface area contributed by atoms with E-state index in [2.05, 4.69) is 41.4 Å². The Labute approximate surface area is 123 Å². The van der Waals surface area contributed by atoms with E-state index < -0.39 is 0 Å². The monoisotopic (exact) mass is 272 g/mol. The lowest BCUT2D eigenvalue weighted by Crippen LogP contribution is -2.23. The van der Waals surface area contributed by atoms with Gasteiger partial charge in [0.2, 0.25) is 0 Å². The van der Waals surface area contributed by atoms with E-state index in [0.29, 0.717) is 0 Å². The quantitative estimate of drug-likeness (QED) is 0.866. The highest BCUT2D eigenvalue weighted by atomic mass is 15.2. The summed E-state index contributed by atoms with van der Waals surface area (Å²) >= 11 is 0. The number of anilines is 2. The second-order valence-electron chi connectivity index (χ2n) is 6.73. The van der Waals surface area contributed by atoms with Crippen LogP contribution in [0.2, 0.25) is 0 Å². The first-order valence-corrected chi connectivity index (χ1v) is 8.41. The lowest BCUT2D eigenvalue weighted by Gasteiger charge is -2.28. The fraction of sp³-hybridized carbons (Fsp3) is 0.667. The second kappa shape index (κ2) is 6.51. The SMILES string of the molecule is CC1CCCC(CNc2ccccc2N2CCCC2)C1. The summed E-state index contributed by atoms with van der Waals surface area (Å²) in [6.45, 7) is 6.00. The van der Waals surface area contributed by atoms with Crippen molar-refractivity contribution in [2.24, 2.45) is 11.8 Å². The van der Waals surface area contributed by atoms with Crippen LogP contribution in [0.5, 0.6) is 0 Å². The number of nitrogens with one attached hydrogen (secondary N) is 1. The second-order valence-corrected chi connectivity index (χ2v) is 6.73. The molecule has 0 amide bonds. The first-order valence-electron chi connectivity index (χ1n) is 8.41. The van der Waals surface area contributed by atoms with Crippen LogP contribution >= 0.6 is 0 Å². The van der Waals surface area contributed by atoms with Crippen LogP contribution in [0, 0.1) is 11.8 Å². The van der Waals surface area contributed by atoms with E-state index in [-0.39, 0.29) is 0 Å². The predicted molar refractivity (Wildman–Crippen MR) is 87.5 cm³/mol. The Kier molecular flexibility index (Phi) is 4.49. The van der Waals surface area contributed by atoms with E-state index in [1.54, 1.807) is 0 Å². The van der Waals surface area contributed by atoms with Crippen LogP contribution in [-0.4, -0.2) is 19.6 Å². The number of hydrogen-bond donors (Lipinski definition) is 1. The van der Waals surface area contributed by atoms with Crippen molar-refractivity contribution in [1.29, 1.82) is 0 Å². The summed E-state index contributed by atoms with van der Waals surface area (Å²) in [6.07, 6.45) is 8.34. The maximum absolute atomic E-state index is 3.74. The molecule has 1 aliphatic carbocycles. The average Bonchev–Trinajstić information content (AvgIpc) is 3.00. The van der Waals surface area contributed by atoms with E-state index in [1.165, 1.54) is 63.0 Å². The molecule has 1 aromatic rings. The van der Waals surface area contributed by atoms with Gasteiger partial charge in [-0.15, -0.1) is 0 Å². The molecule has 0 radical (unpaired) electrons. The summed E-state index contributed by atoms with van der Waals surface area (Å²) in [6, 6.07) is 8.85. The van der Waals surface area contributed by atoms with Crippen LogP contribution in [0.25, 0.3) is 0 Å². The maximum Gasteiger partial charge on any atom is 0.0602 e. The normalized spacial score (nSPS) is 26.8. The largest absolute Gasteiger partial charge is 0.383 e. The van der Waals surface area contributed by atoms with Crippen molar-refractivity contribution in [3.63, 3.8) is 0 Å². The molecule has 0 spiro atoms. The molecule has 1 aromatic carbocycles. The Morgan fingerprint density at radius 1 is 1.10 bits per heavy atom. The van der Waals surface area contributed by atoms with Crippen LogP contribution in [0.4, 0.5) is 11.4 Å². The molecule has 1 aliphatic heterocycles. The minimum Gasteiger partial charge on any atom is -0.383 e. The van der Waals surface area contributed by atoms with E-state index in [1.807, 2.05) is 0 Å². The lowest BCUT2D eigenvalue weighted by atomic mass is 9.82. The average molecular weight is 272 g/mol. The van der Waals surface area contributed by atoms with Gasteiger partial charge >= 0.3 is 0 Å². The number of para-hydroxylation sites is 2. The fourth-order valence-corrected chi connectivity index (χ4v) is 3.86. The minimum atomic E-state index is 0.866. The summed E-state index contributed by atoms with van der Waals surface area (Å²) in [5, 5.41) is 3.74. The molecule has 2 fully saturated rings. The molecule has 2 heteroatoms. The third-order valence-corrected chi connectivity index (χ3v) is 4.98. The molecule has 0 aromatic heterocycles. The summed E-state index contributed by atoms with van der Waals surface area (Å²) in [4.78, 5) is 2.53. The lowest BCUT2D eigenvalue weighted by molar-refractivity contribution is 0.293. The van der Waals surface area contributed by atoms with E-state index >= 15 is 0 Å². The predicted octanol–water partition coefficient (Wildman–Crippen LogP) is 4.53. The Morgan fingerprint density at radius 2 is 1.90 bits per heavy atom. The summed E-state index contributed by atoms with van der Waals surface area (Å²) in [5.41, 5.74) is 2.75. The first kappa shape index (κ1) is 13.8. The number of hydrogen-bond acceptors (Lipinski definition) is 2. The topological polar surface area (TPSA) is 15.3 Å². The number of benzene rings is 1. The van der Waals surface area contributed by atoms with Crippen molar-refractivity contribution in [1.82, 2.24) is 0 Å². The van der Waals surface area contributed by atoms with Crippen LogP contribution in [0.3, 0.4) is 0 Å². The Balaban J connectivity index is 1.62. The highest BCUT2D eigenvalue weighted by molar-refractivity contribution is 5.70. The van der Waals surface area contributed by atoms with E-state index in [0.717, 1.165) is 18.4 Å². The third kappa shape index (κ3) is 3.28. The Morgan fingerprint density at radius 3 is 2.70 bits per heavy atom. The van der Waals surface area contributed by atoms with Gasteiger partial charge in [0.1, 0.15) is 0 Å². The molecule has 1 saturated carbocycles. The van der Waals surface area contributed by atoms with Gasteiger partial charge in [-0.1, -0.05) is 31.9 Å². The van der Waals surface area contributed by atoms with Gasteiger partial charge in [-0.2, -0.15) is 0 Å². The van der Waals surface area contributed by atoms with Crippen LogP contribution in [-0.2, 0) is 0 Å². The van der Waals surface area contributed by atoms with Gasteiger partial charge in [0.05, 0.1) is 11.4 Å². The van der Waals surface area contributed by atoms with Crippen molar-refractivity contribution >= 4 is 11.4 Å². The maximum atomic E-state index is 3.74. The number of nitrogens with zero attached hydrogens (tertiary/aromatic N) is 1. The molecule has 20 heavy (non-hydrogen) atoms. The van der Waals surface area contributed by atoms with E-state index in [4.69, 9.17) is 0 Å². The molecule has 110 valence electrons. The van der Waals surface area contributed by atoms with Gasteiger partial charge in [-0.3, -0.25) is 0 Å². The molecule has 1 N–H and O–H groups in total. The molecule has 2 unspecified atom stereocenters. The molecule has 2 aliphatic rings. The van der Waals surface area contributed by atoms with Gasteiger partial charge < -0.3 is 10.2 Å². The van der Waals surface area contributed by atoms with Crippen molar-refractivity contribution < 1.29 is 0 Å². The molecule has 1 saturated heterocycles. The van der Waals surface area contributed by atoms with Gasteiger partial charge in [0.25, 0.3) is 0 Å². The molecular formula is C18H28N2. The third-order valence-electron chi connectivity index (χ3n) is 4.98. The van der Waals surface area contributed by atoms with E-state index in [9.17, 15) is 0 Å². The first-order chi connectivity index (χ1) is 9.83. The van der Waals surface area contributed by atoms with Crippen molar-refractivity contribution in [3.05, 3.63) is 24.3 Å². The van der Waals surface area contributed by atoms with Crippen molar-refractivity contribution in [2.75, 3.05) is 29.9 Å². The molecule has 1 heterocycles. The molecule has 0 bridgehead atoms. The zero-order valence-corrected chi connectivity index (χ0v) is 12.8. The summed E-state index contributed by atoms with van der Waals surface area (Å²) < 4.78 is 0. The Hall–Kier alpha value is -1.18. The van der Waals surface area contributed by atoms with Crippen molar-refractivity contribution in [3.8, 4) is 0 Å². The smallest absolute Gasteiger partial charge is 0.0602 e. The highest BCUT2D eigenvalue weighted by Crippen LogP contribution is 2.31. The van der Waals surface area contributed by atoms with Gasteiger partial charge in [-0.05, 0) is 49.7 Å². The zero-order valence-electron chi connectivity index (χ0n) is 12.8. The number of rotatable bonds is 4. The standard InChI is InChI=1S/C18H28N2/c1-15-7-6-8-16(13-15)14-19-17-9-2-3-10-18(17)20-11-4-5-12-20/h2-3,9-10,15-16,19H,4-8,11-14H2,1H3. The van der Waals surface area contributed by atoms with Gasteiger partial charge in [0, 0.05) is 19.6 Å². The Bertz CT molecular complexity index is 423. The van der Waals surface area contributed by atoms with Crippen LogP contribution in [0.1, 0.15) is 45.4 Å². The molecule has 2 atom stereocenters. The van der Waals surface area contributed by atoms with Gasteiger partial charge in [0.15, 0.2) is 0 Å². The molecule has 3 rings (SSSR count). The zero-order chi connectivity index (χ0) is 13.8. The van der Waals surface area contributed by atoms with Crippen molar-refractivity contribution in [2.45, 2.75) is 45.4 Å². The highest BCUT2D eigenvalue weighted by Gasteiger charge is 2.20. The van der Waals surface area contributed by atoms with Crippen LogP contribution < -0.4 is 10.2 Å².